The van der Waals surface area contributed by atoms with Gasteiger partial charge in [-0.15, -0.1) is 0 Å². The molecule has 0 saturated carbocycles. The average molecular weight is 365 g/mol. The number of rotatable bonds is 11. The molecule has 0 fully saturated rings. The number of hydrogen-bond acceptors (Lipinski definition) is 3. The minimum atomic E-state index is -1.10. The van der Waals surface area contributed by atoms with Crippen LogP contribution in [-0.4, -0.2) is 27.4 Å². The molecule has 0 aromatic rings. The number of carboxylic acid groups (broad SMARTS) is 1. The molecular weight excluding hydrogens is 328 g/mol. The second-order valence-corrected chi connectivity index (χ2v) is 7.88. The number of carboxylic acids is 1. The van der Waals surface area contributed by atoms with Crippen LogP contribution < -0.4 is 0 Å². The van der Waals surface area contributed by atoms with Gasteiger partial charge in [-0.2, -0.15) is 0 Å². The third-order valence-electron chi connectivity index (χ3n) is 5.06. The maximum atomic E-state index is 11.7. The van der Waals surface area contributed by atoms with Gasteiger partial charge in [-0.3, -0.25) is 0 Å². The molecule has 0 heterocycles. The van der Waals surface area contributed by atoms with Crippen molar-refractivity contribution in [1.82, 2.24) is 0 Å². The van der Waals surface area contributed by atoms with Gasteiger partial charge in [0.1, 0.15) is 11.3 Å². The van der Waals surface area contributed by atoms with Crippen molar-refractivity contribution in [2.24, 2.45) is 5.92 Å². The van der Waals surface area contributed by atoms with Crippen molar-refractivity contribution >= 4 is 5.97 Å². The van der Waals surface area contributed by atoms with E-state index in [4.69, 9.17) is 0 Å². The Morgan fingerprint density at radius 1 is 1.27 bits per heavy atom. The van der Waals surface area contributed by atoms with Gasteiger partial charge in [0.15, 0.2) is 0 Å². The second-order valence-electron chi connectivity index (χ2n) is 7.88. The van der Waals surface area contributed by atoms with E-state index in [0.717, 1.165) is 32.1 Å². The summed E-state index contributed by atoms with van der Waals surface area (Å²) in [7, 11) is 0. The summed E-state index contributed by atoms with van der Waals surface area (Å²) < 4.78 is 0. The number of aliphatic hydroxyl groups excluding tert-OH is 2. The highest BCUT2D eigenvalue weighted by Crippen LogP contribution is 2.34. The number of aliphatic hydroxyl groups is 2. The zero-order valence-electron chi connectivity index (χ0n) is 16.8. The lowest BCUT2D eigenvalue weighted by atomic mass is 9.84. The molecule has 1 aliphatic carbocycles. The van der Waals surface area contributed by atoms with E-state index in [2.05, 4.69) is 27.7 Å². The summed E-state index contributed by atoms with van der Waals surface area (Å²) >= 11 is 0. The summed E-state index contributed by atoms with van der Waals surface area (Å²) in [5.74, 6) is -0.644. The molecule has 0 saturated heterocycles. The van der Waals surface area contributed by atoms with Gasteiger partial charge in [0, 0.05) is 5.57 Å². The first-order valence-corrected chi connectivity index (χ1v) is 9.99. The van der Waals surface area contributed by atoms with E-state index in [1.807, 2.05) is 6.08 Å². The van der Waals surface area contributed by atoms with Crippen molar-refractivity contribution in [1.29, 1.82) is 0 Å². The monoisotopic (exact) mass is 364 g/mol. The van der Waals surface area contributed by atoms with Gasteiger partial charge in [0.05, 0.1) is 6.10 Å². The molecule has 1 aliphatic rings. The van der Waals surface area contributed by atoms with Crippen LogP contribution in [0.25, 0.3) is 0 Å². The first-order valence-electron chi connectivity index (χ1n) is 9.99. The lowest BCUT2D eigenvalue weighted by molar-refractivity contribution is -0.132. The molecule has 0 radical (unpaired) electrons. The van der Waals surface area contributed by atoms with Gasteiger partial charge in [-0.05, 0) is 56.9 Å². The van der Waals surface area contributed by atoms with Gasteiger partial charge in [-0.25, -0.2) is 4.79 Å². The van der Waals surface area contributed by atoms with Crippen LogP contribution in [0, 0.1) is 5.92 Å². The first kappa shape index (κ1) is 22.5. The summed E-state index contributed by atoms with van der Waals surface area (Å²) in [5, 5.41) is 30.5. The van der Waals surface area contributed by atoms with Crippen molar-refractivity contribution in [3.05, 3.63) is 34.1 Å². The lowest BCUT2D eigenvalue weighted by Crippen LogP contribution is -2.23. The van der Waals surface area contributed by atoms with Crippen molar-refractivity contribution in [2.45, 2.75) is 91.6 Å². The van der Waals surface area contributed by atoms with Gasteiger partial charge in [-0.1, -0.05) is 51.7 Å². The van der Waals surface area contributed by atoms with E-state index >= 15 is 0 Å². The van der Waals surface area contributed by atoms with E-state index < -0.39 is 12.1 Å². The van der Waals surface area contributed by atoms with Crippen LogP contribution in [0.2, 0.25) is 0 Å². The minimum absolute atomic E-state index is 0.00673. The fourth-order valence-electron chi connectivity index (χ4n) is 3.42. The molecule has 1 atom stereocenters. The maximum Gasteiger partial charge on any atom is 0.339 e. The Morgan fingerprint density at radius 3 is 2.54 bits per heavy atom. The fourth-order valence-corrected chi connectivity index (χ4v) is 3.42. The van der Waals surface area contributed by atoms with E-state index in [9.17, 15) is 20.1 Å². The lowest BCUT2D eigenvalue weighted by Gasteiger charge is -2.25. The number of hydrogen-bond donors (Lipinski definition) is 3. The number of unbranched alkanes of at least 4 members (excludes halogenated alkanes) is 2. The van der Waals surface area contributed by atoms with Crippen molar-refractivity contribution in [3.63, 3.8) is 0 Å². The average Bonchev–Trinajstić information content (AvgIpc) is 2.53. The van der Waals surface area contributed by atoms with E-state index in [-0.39, 0.29) is 11.3 Å². The maximum absolute atomic E-state index is 11.7. The van der Waals surface area contributed by atoms with Crippen LogP contribution in [0.5, 0.6) is 0 Å². The molecule has 1 unspecified atom stereocenters. The van der Waals surface area contributed by atoms with E-state index in [1.54, 1.807) is 0 Å². The zero-order chi connectivity index (χ0) is 19.7. The Balaban J connectivity index is 2.90. The smallest absolute Gasteiger partial charge is 0.339 e. The summed E-state index contributed by atoms with van der Waals surface area (Å²) in [6.45, 7) is 8.56. The standard InChI is InChI=1S/C22H36O4/c1-5-6-7-11-17-14-19(23)18(21(24)20(17)22(25)26)13-12-16(4)10-8-9-15(2)3/h12,15,19,23-24H,5-11,13-14H2,1-4H3,(H,25,26)/b16-12+. The molecule has 1 rings (SSSR count). The third kappa shape index (κ3) is 6.99. The quantitative estimate of drug-likeness (QED) is 0.325. The Labute approximate surface area is 158 Å². The van der Waals surface area contributed by atoms with Crippen LogP contribution in [0.4, 0.5) is 0 Å². The van der Waals surface area contributed by atoms with E-state index in [0.29, 0.717) is 36.3 Å². The Hall–Kier alpha value is -1.55. The molecule has 4 nitrogen and oxygen atoms in total. The molecule has 0 aromatic heterocycles. The first-order chi connectivity index (χ1) is 12.3. The van der Waals surface area contributed by atoms with Crippen LogP contribution in [0.1, 0.15) is 85.5 Å². The summed E-state index contributed by atoms with van der Waals surface area (Å²) in [6, 6.07) is 0. The molecule has 0 bridgehead atoms. The van der Waals surface area contributed by atoms with Gasteiger partial charge in [0.2, 0.25) is 0 Å². The molecule has 0 aliphatic heterocycles. The molecular formula is C22H36O4. The van der Waals surface area contributed by atoms with Gasteiger partial charge >= 0.3 is 5.97 Å². The van der Waals surface area contributed by atoms with Crippen molar-refractivity contribution < 1.29 is 20.1 Å². The normalized spacial score (nSPS) is 18.8. The van der Waals surface area contributed by atoms with Crippen LogP contribution >= 0.6 is 0 Å². The van der Waals surface area contributed by atoms with Crippen LogP contribution in [0.3, 0.4) is 0 Å². The predicted molar refractivity (Wildman–Crippen MR) is 106 cm³/mol. The molecule has 148 valence electrons. The van der Waals surface area contributed by atoms with Crippen LogP contribution in [-0.2, 0) is 4.79 Å². The van der Waals surface area contributed by atoms with Crippen molar-refractivity contribution in [2.75, 3.05) is 0 Å². The molecule has 26 heavy (non-hydrogen) atoms. The van der Waals surface area contributed by atoms with Crippen molar-refractivity contribution in [3.8, 4) is 0 Å². The molecule has 3 N–H and O–H groups in total. The Morgan fingerprint density at radius 2 is 1.96 bits per heavy atom. The minimum Gasteiger partial charge on any atom is -0.507 e. The summed E-state index contributed by atoms with van der Waals surface area (Å²) in [6.07, 6.45) is 8.78. The molecule has 0 spiro atoms. The largest absolute Gasteiger partial charge is 0.507 e. The van der Waals surface area contributed by atoms with Gasteiger partial charge < -0.3 is 15.3 Å². The third-order valence-corrected chi connectivity index (χ3v) is 5.06. The second kappa shape index (κ2) is 11.2. The van der Waals surface area contributed by atoms with Crippen LogP contribution in [0.15, 0.2) is 34.1 Å². The zero-order valence-corrected chi connectivity index (χ0v) is 16.8. The number of carbonyl (C=O) groups is 1. The topological polar surface area (TPSA) is 77.8 Å². The number of allylic oxidation sites excluding steroid dienone is 2. The Bertz CT molecular complexity index is 567. The summed E-state index contributed by atoms with van der Waals surface area (Å²) in [5.41, 5.74) is 2.32. The SMILES string of the molecule is CCCCCC1=C(C(=O)O)C(O)=C(C/C=C(\C)CCCC(C)C)C(O)C1. The fraction of sp³-hybridized carbons (Fsp3) is 0.682. The highest BCUT2D eigenvalue weighted by Gasteiger charge is 2.30. The molecule has 4 heteroatoms. The molecule has 0 aromatic carbocycles. The highest BCUT2D eigenvalue weighted by molar-refractivity contribution is 5.92. The highest BCUT2D eigenvalue weighted by atomic mass is 16.4. The molecule has 0 amide bonds. The number of aliphatic carboxylic acids is 1. The predicted octanol–water partition coefficient (Wildman–Crippen LogP) is 5.69. The van der Waals surface area contributed by atoms with E-state index in [1.165, 1.54) is 12.0 Å². The summed E-state index contributed by atoms with van der Waals surface area (Å²) in [4.78, 5) is 11.7. The van der Waals surface area contributed by atoms with Gasteiger partial charge in [0.25, 0.3) is 0 Å². The Kier molecular flexibility index (Phi) is 9.71.